The number of hydrogen-bond donors (Lipinski definition) is 1. The van der Waals surface area contributed by atoms with Crippen molar-refractivity contribution in [2.24, 2.45) is 0 Å². The first-order valence-corrected chi connectivity index (χ1v) is 9.54. The Morgan fingerprint density at radius 2 is 1.92 bits per heavy atom. The maximum Gasteiger partial charge on any atom is 0.251 e. The van der Waals surface area contributed by atoms with Gasteiger partial charge in [0.15, 0.2) is 0 Å². The molecule has 8 heteroatoms. The molecule has 1 N–H and O–H groups in total. The van der Waals surface area contributed by atoms with Crippen LogP contribution in [0.2, 0.25) is 0 Å². The lowest BCUT2D eigenvalue weighted by atomic mass is 10.2. The zero-order chi connectivity index (χ0) is 18.5. The van der Waals surface area contributed by atoms with Gasteiger partial charge in [-0.25, -0.2) is 0 Å². The molecule has 2 aromatic rings. The molecule has 0 saturated heterocycles. The highest BCUT2D eigenvalue weighted by atomic mass is 79.9. The van der Waals surface area contributed by atoms with Gasteiger partial charge in [-0.05, 0) is 40.9 Å². The SMILES string of the molecule is COc1cc(C(=O)NCCc2nnc3n2CCCCC3)cc(OC)c1Br. The molecule has 3 rings (SSSR count). The van der Waals surface area contributed by atoms with Crippen molar-refractivity contribution < 1.29 is 14.3 Å². The van der Waals surface area contributed by atoms with Crippen LogP contribution in [0, 0.1) is 0 Å². The number of carbonyl (C=O) groups is 1. The fourth-order valence-electron chi connectivity index (χ4n) is 3.12. The summed E-state index contributed by atoms with van der Waals surface area (Å²) in [5, 5.41) is 11.5. The molecule has 7 nitrogen and oxygen atoms in total. The molecule has 26 heavy (non-hydrogen) atoms. The molecule has 140 valence electrons. The maximum atomic E-state index is 12.5. The standard InChI is InChI=1S/C18H23BrN4O3/c1-25-13-10-12(11-14(26-2)17(13)19)18(24)20-8-7-16-22-21-15-6-4-3-5-9-23(15)16/h10-11H,3-9H2,1-2H3,(H,20,24). The molecule has 0 bridgehead atoms. The van der Waals surface area contributed by atoms with Crippen molar-refractivity contribution in [3.05, 3.63) is 33.8 Å². The minimum atomic E-state index is -0.176. The molecule has 1 aliphatic rings. The zero-order valence-electron chi connectivity index (χ0n) is 15.0. The minimum Gasteiger partial charge on any atom is -0.495 e. The number of amides is 1. The number of nitrogens with zero attached hydrogens (tertiary/aromatic N) is 3. The quantitative estimate of drug-likeness (QED) is 0.773. The van der Waals surface area contributed by atoms with Gasteiger partial charge >= 0.3 is 0 Å². The van der Waals surface area contributed by atoms with Gasteiger partial charge in [-0.3, -0.25) is 4.79 Å². The van der Waals surface area contributed by atoms with Crippen LogP contribution in [0.3, 0.4) is 0 Å². The van der Waals surface area contributed by atoms with Gasteiger partial charge in [-0.1, -0.05) is 6.42 Å². The Morgan fingerprint density at radius 3 is 2.62 bits per heavy atom. The summed E-state index contributed by atoms with van der Waals surface area (Å²) in [5.74, 6) is 2.93. The van der Waals surface area contributed by atoms with Crippen LogP contribution in [0.5, 0.6) is 11.5 Å². The van der Waals surface area contributed by atoms with E-state index >= 15 is 0 Å². The molecule has 0 unspecified atom stereocenters. The van der Waals surface area contributed by atoms with Crippen LogP contribution in [0.4, 0.5) is 0 Å². The minimum absolute atomic E-state index is 0.176. The third-order valence-electron chi connectivity index (χ3n) is 4.53. The van der Waals surface area contributed by atoms with Crippen molar-refractivity contribution in [3.63, 3.8) is 0 Å². The van der Waals surface area contributed by atoms with Gasteiger partial charge in [0.05, 0.1) is 14.2 Å². The summed E-state index contributed by atoms with van der Waals surface area (Å²) >= 11 is 3.41. The Labute approximate surface area is 161 Å². The molecule has 0 aliphatic carbocycles. The second kappa shape index (κ2) is 8.53. The lowest BCUT2D eigenvalue weighted by Gasteiger charge is -2.12. The molecule has 1 aromatic heterocycles. The summed E-state index contributed by atoms with van der Waals surface area (Å²) < 4.78 is 13.5. The van der Waals surface area contributed by atoms with E-state index in [4.69, 9.17) is 9.47 Å². The molecule has 1 aromatic carbocycles. The normalized spacial score (nSPS) is 13.7. The van der Waals surface area contributed by atoms with Gasteiger partial charge in [-0.15, -0.1) is 10.2 Å². The highest BCUT2D eigenvalue weighted by Gasteiger charge is 2.16. The van der Waals surface area contributed by atoms with E-state index < -0.39 is 0 Å². The molecular weight excluding hydrogens is 400 g/mol. The van der Waals surface area contributed by atoms with Gasteiger partial charge in [-0.2, -0.15) is 0 Å². The lowest BCUT2D eigenvalue weighted by Crippen LogP contribution is -2.26. The van der Waals surface area contributed by atoms with Gasteiger partial charge in [0, 0.05) is 31.5 Å². The summed E-state index contributed by atoms with van der Waals surface area (Å²) in [5.41, 5.74) is 0.488. The predicted octanol–water partition coefficient (Wildman–Crippen LogP) is 2.76. The van der Waals surface area contributed by atoms with E-state index in [1.165, 1.54) is 12.8 Å². The Hall–Kier alpha value is -2.09. The number of hydrogen-bond acceptors (Lipinski definition) is 5. The third-order valence-corrected chi connectivity index (χ3v) is 5.31. The first-order valence-electron chi connectivity index (χ1n) is 8.74. The van der Waals surface area contributed by atoms with E-state index in [-0.39, 0.29) is 5.91 Å². The number of rotatable bonds is 6. The average Bonchev–Trinajstić information content (AvgIpc) is 2.88. The van der Waals surface area contributed by atoms with Crippen molar-refractivity contribution in [2.75, 3.05) is 20.8 Å². The van der Waals surface area contributed by atoms with Crippen molar-refractivity contribution in [3.8, 4) is 11.5 Å². The van der Waals surface area contributed by atoms with Gasteiger partial charge in [0.25, 0.3) is 5.91 Å². The monoisotopic (exact) mass is 422 g/mol. The van der Waals surface area contributed by atoms with Gasteiger partial charge in [0.2, 0.25) is 0 Å². The van der Waals surface area contributed by atoms with Crippen molar-refractivity contribution >= 4 is 21.8 Å². The van der Waals surface area contributed by atoms with E-state index in [1.807, 2.05) is 0 Å². The van der Waals surface area contributed by atoms with Crippen LogP contribution in [0.25, 0.3) is 0 Å². The highest BCUT2D eigenvalue weighted by Crippen LogP contribution is 2.35. The summed E-state index contributed by atoms with van der Waals surface area (Å²) in [6.45, 7) is 1.46. The molecule has 0 spiro atoms. The van der Waals surface area contributed by atoms with E-state index in [0.29, 0.717) is 34.5 Å². The van der Waals surface area contributed by atoms with Crippen molar-refractivity contribution in [1.82, 2.24) is 20.1 Å². The Balaban J connectivity index is 1.64. The van der Waals surface area contributed by atoms with Crippen LogP contribution in [-0.4, -0.2) is 41.4 Å². The summed E-state index contributed by atoms with van der Waals surface area (Å²) in [6, 6.07) is 3.37. The zero-order valence-corrected chi connectivity index (χ0v) is 16.6. The number of aryl methyl sites for hydroxylation is 1. The van der Waals surface area contributed by atoms with Crippen LogP contribution in [0.1, 0.15) is 41.3 Å². The number of benzene rings is 1. The number of methoxy groups -OCH3 is 2. The second-order valence-electron chi connectivity index (χ2n) is 6.20. The topological polar surface area (TPSA) is 78.3 Å². The highest BCUT2D eigenvalue weighted by molar-refractivity contribution is 9.10. The molecule has 1 aliphatic heterocycles. The summed E-state index contributed by atoms with van der Waals surface area (Å²) in [4.78, 5) is 12.5. The smallest absolute Gasteiger partial charge is 0.251 e. The molecule has 1 amide bonds. The van der Waals surface area contributed by atoms with E-state index in [2.05, 4.69) is 36.0 Å². The van der Waals surface area contributed by atoms with Crippen LogP contribution < -0.4 is 14.8 Å². The molecular formula is C18H23BrN4O3. The summed E-state index contributed by atoms with van der Waals surface area (Å²) in [6.07, 6.45) is 5.19. The largest absolute Gasteiger partial charge is 0.495 e. The van der Waals surface area contributed by atoms with Crippen LogP contribution >= 0.6 is 15.9 Å². The first kappa shape index (κ1) is 18.7. The number of carbonyl (C=O) groups excluding carboxylic acids is 1. The Kier molecular flexibility index (Phi) is 6.13. The predicted molar refractivity (Wildman–Crippen MR) is 101 cm³/mol. The number of halogens is 1. The van der Waals surface area contributed by atoms with Crippen LogP contribution in [-0.2, 0) is 19.4 Å². The van der Waals surface area contributed by atoms with E-state index in [0.717, 1.165) is 31.0 Å². The van der Waals surface area contributed by atoms with Gasteiger partial charge < -0.3 is 19.4 Å². The molecule has 0 saturated carbocycles. The number of nitrogens with one attached hydrogen (secondary N) is 1. The van der Waals surface area contributed by atoms with Crippen molar-refractivity contribution in [2.45, 2.75) is 38.6 Å². The van der Waals surface area contributed by atoms with Gasteiger partial charge in [0.1, 0.15) is 27.6 Å². The summed E-state index contributed by atoms with van der Waals surface area (Å²) in [7, 11) is 3.11. The first-order chi connectivity index (χ1) is 12.6. The maximum absolute atomic E-state index is 12.5. The van der Waals surface area contributed by atoms with Crippen LogP contribution in [0.15, 0.2) is 16.6 Å². The Morgan fingerprint density at radius 1 is 1.19 bits per heavy atom. The van der Waals surface area contributed by atoms with E-state index in [9.17, 15) is 4.79 Å². The Bertz CT molecular complexity index is 766. The number of ether oxygens (including phenoxy) is 2. The fraction of sp³-hybridized carbons (Fsp3) is 0.500. The van der Waals surface area contributed by atoms with E-state index in [1.54, 1.807) is 26.4 Å². The third kappa shape index (κ3) is 4.00. The molecule has 0 radical (unpaired) electrons. The second-order valence-corrected chi connectivity index (χ2v) is 6.99. The lowest BCUT2D eigenvalue weighted by molar-refractivity contribution is 0.0953. The number of fused-ring (bicyclic) bond motifs is 1. The molecule has 0 atom stereocenters. The molecule has 0 fully saturated rings. The average molecular weight is 423 g/mol. The van der Waals surface area contributed by atoms with Crippen molar-refractivity contribution in [1.29, 1.82) is 0 Å². The number of aromatic nitrogens is 3. The molecule has 2 heterocycles. The fourth-order valence-corrected chi connectivity index (χ4v) is 3.67.